The smallest absolute Gasteiger partial charge is 0.329 e. The van der Waals surface area contributed by atoms with Crippen molar-refractivity contribution in [2.75, 3.05) is 12.3 Å². The van der Waals surface area contributed by atoms with Gasteiger partial charge in [-0.1, -0.05) is 36.7 Å². The number of Topliss-reactive ketones (excluding diaryl/α,β-unsaturated/α-hetero) is 1. The van der Waals surface area contributed by atoms with Gasteiger partial charge in [0.05, 0.1) is 0 Å². The van der Waals surface area contributed by atoms with E-state index in [1.165, 1.54) is 4.57 Å². The van der Waals surface area contributed by atoms with E-state index in [1.807, 2.05) is 32.0 Å². The molecule has 0 saturated heterocycles. The van der Waals surface area contributed by atoms with Crippen LogP contribution in [-0.2, 0) is 6.54 Å². The van der Waals surface area contributed by atoms with Crippen molar-refractivity contribution in [3.05, 3.63) is 61.3 Å². The molecule has 0 spiro atoms. The number of quaternary nitrogens is 1. The molecule has 8 heteroatoms. The highest BCUT2D eigenvalue weighted by Gasteiger charge is 2.22. The number of nitrogens with one attached hydrogen (secondary N) is 1. The van der Waals surface area contributed by atoms with Crippen molar-refractivity contribution in [2.24, 2.45) is 0 Å². The quantitative estimate of drug-likeness (QED) is 0.626. The Balaban J connectivity index is 2.22. The van der Waals surface area contributed by atoms with Crippen molar-refractivity contribution < 1.29 is 10.1 Å². The van der Waals surface area contributed by atoms with Crippen LogP contribution >= 0.6 is 11.6 Å². The first-order chi connectivity index (χ1) is 11.9. The van der Waals surface area contributed by atoms with E-state index in [0.717, 1.165) is 5.56 Å². The molecule has 2 aromatic rings. The van der Waals surface area contributed by atoms with E-state index in [1.54, 1.807) is 11.4 Å². The van der Waals surface area contributed by atoms with Gasteiger partial charge in [-0.25, -0.2) is 4.79 Å². The second-order valence-corrected chi connectivity index (χ2v) is 6.25. The summed E-state index contributed by atoms with van der Waals surface area (Å²) >= 11 is 6.16. The Morgan fingerprint density at radius 3 is 2.68 bits per heavy atom. The number of H-pyrrole nitrogens is 1. The van der Waals surface area contributed by atoms with Crippen molar-refractivity contribution in [1.29, 1.82) is 0 Å². The van der Waals surface area contributed by atoms with E-state index < -0.39 is 17.0 Å². The van der Waals surface area contributed by atoms with Gasteiger partial charge in [-0.2, -0.15) is 0 Å². The van der Waals surface area contributed by atoms with E-state index in [-0.39, 0.29) is 24.0 Å². The molecule has 134 valence electrons. The maximum absolute atomic E-state index is 12.5. The molecule has 0 fully saturated rings. The molecular weight excluding hydrogens is 344 g/mol. The molecule has 1 aromatic heterocycles. The van der Waals surface area contributed by atoms with Crippen LogP contribution in [-0.4, -0.2) is 21.9 Å². The minimum atomic E-state index is -0.751. The van der Waals surface area contributed by atoms with Gasteiger partial charge in [0, 0.05) is 17.1 Å². The summed E-state index contributed by atoms with van der Waals surface area (Å²) < 4.78 is 1.21. The summed E-state index contributed by atoms with van der Waals surface area (Å²) in [5.41, 5.74) is 5.27. The number of nitrogens with zero attached hydrogens (tertiary/aromatic N) is 1. The first-order valence-electron chi connectivity index (χ1n) is 8.10. The van der Waals surface area contributed by atoms with Crippen molar-refractivity contribution >= 4 is 23.2 Å². The van der Waals surface area contributed by atoms with Gasteiger partial charge in [0.2, 0.25) is 5.78 Å². The Bertz CT molecular complexity index is 888. The Morgan fingerprint density at radius 2 is 2.04 bits per heavy atom. The Hall–Kier alpha value is -2.38. The highest BCUT2D eigenvalue weighted by molar-refractivity contribution is 6.31. The number of benzene rings is 1. The Morgan fingerprint density at radius 1 is 1.36 bits per heavy atom. The molecule has 0 aliphatic rings. The Labute approximate surface area is 149 Å². The third-order valence-corrected chi connectivity index (χ3v) is 4.36. The van der Waals surface area contributed by atoms with E-state index in [4.69, 9.17) is 17.3 Å². The molecule has 5 N–H and O–H groups in total. The van der Waals surface area contributed by atoms with Crippen molar-refractivity contribution in [3.63, 3.8) is 0 Å². The van der Waals surface area contributed by atoms with E-state index >= 15 is 0 Å². The third kappa shape index (κ3) is 4.18. The minimum absolute atomic E-state index is 0.0179. The number of hydrogen-bond donors (Lipinski definition) is 3. The topological polar surface area (TPSA) is 115 Å². The number of aromatic nitrogens is 2. The van der Waals surface area contributed by atoms with Crippen LogP contribution in [0.3, 0.4) is 0 Å². The number of hydrogen-bond acceptors (Lipinski definition) is 4. The summed E-state index contributed by atoms with van der Waals surface area (Å²) in [4.78, 5) is 38.5. The van der Waals surface area contributed by atoms with Gasteiger partial charge in [0.25, 0.3) is 5.56 Å². The van der Waals surface area contributed by atoms with Crippen molar-refractivity contribution in [2.45, 2.75) is 32.9 Å². The highest BCUT2D eigenvalue weighted by atomic mass is 35.5. The molecule has 0 unspecified atom stereocenters. The maximum Gasteiger partial charge on any atom is 0.329 e. The Kier molecular flexibility index (Phi) is 6.17. The summed E-state index contributed by atoms with van der Waals surface area (Å²) in [6.45, 7) is 4.14. The van der Waals surface area contributed by atoms with E-state index in [0.29, 0.717) is 18.0 Å². The average Bonchev–Trinajstić information content (AvgIpc) is 2.56. The van der Waals surface area contributed by atoms with E-state index in [9.17, 15) is 14.4 Å². The lowest BCUT2D eigenvalue weighted by Gasteiger charge is -2.13. The van der Waals surface area contributed by atoms with E-state index in [2.05, 4.69) is 4.98 Å². The predicted octanol–water partition coefficient (Wildman–Crippen LogP) is 0.690. The van der Waals surface area contributed by atoms with Gasteiger partial charge in [-0.15, -0.1) is 0 Å². The normalized spacial score (nSPS) is 12.1. The van der Waals surface area contributed by atoms with Crippen LogP contribution in [0.2, 0.25) is 5.02 Å². The molecule has 0 bridgehead atoms. The molecule has 0 radical (unpaired) electrons. The second-order valence-electron chi connectivity index (χ2n) is 5.84. The highest BCUT2D eigenvalue weighted by Crippen LogP contribution is 2.19. The lowest BCUT2D eigenvalue weighted by molar-refractivity contribution is -0.681. The van der Waals surface area contributed by atoms with Gasteiger partial charge in [-0.05, 0) is 19.4 Å². The molecule has 0 saturated carbocycles. The number of nitrogen functional groups attached to an aromatic ring is 1. The lowest BCUT2D eigenvalue weighted by atomic mass is 10.1. The van der Waals surface area contributed by atoms with Crippen LogP contribution < -0.4 is 22.3 Å². The van der Waals surface area contributed by atoms with Gasteiger partial charge in [0.1, 0.15) is 24.0 Å². The fourth-order valence-electron chi connectivity index (χ4n) is 2.66. The zero-order chi connectivity index (χ0) is 18.6. The fraction of sp³-hybridized carbons (Fsp3) is 0.353. The van der Waals surface area contributed by atoms with Crippen LogP contribution in [0.4, 0.5) is 5.82 Å². The molecule has 2 rings (SSSR count). The minimum Gasteiger partial charge on any atom is -0.384 e. The number of nitrogens with two attached hydrogens (primary N) is 2. The first kappa shape index (κ1) is 19.0. The lowest BCUT2D eigenvalue weighted by Crippen LogP contribution is -2.86. The second kappa shape index (κ2) is 8.13. The molecule has 0 amide bonds. The zero-order valence-electron chi connectivity index (χ0n) is 14.2. The largest absolute Gasteiger partial charge is 0.384 e. The zero-order valence-corrected chi connectivity index (χ0v) is 15.0. The molecule has 25 heavy (non-hydrogen) atoms. The SMILES string of the molecule is CCCn1c(N)c(C(=O)C[NH2+][C@@H](C)c2ccccc2Cl)c(=O)[nH]c1=O. The van der Waals surface area contributed by atoms with Crippen LogP contribution in [0.1, 0.15) is 42.2 Å². The number of aromatic amines is 1. The summed E-state index contributed by atoms with van der Waals surface area (Å²) in [6, 6.07) is 7.31. The summed E-state index contributed by atoms with van der Waals surface area (Å²) in [5.74, 6) is -0.512. The van der Waals surface area contributed by atoms with Crippen LogP contribution in [0.25, 0.3) is 0 Å². The molecule has 0 aliphatic heterocycles. The number of rotatable bonds is 7. The van der Waals surface area contributed by atoms with Gasteiger partial charge in [-0.3, -0.25) is 19.1 Å². The van der Waals surface area contributed by atoms with Gasteiger partial charge < -0.3 is 11.1 Å². The molecular formula is C17H22ClN4O3+. The third-order valence-electron chi connectivity index (χ3n) is 4.02. The van der Waals surface area contributed by atoms with Crippen molar-refractivity contribution in [3.8, 4) is 0 Å². The molecule has 1 aromatic carbocycles. The summed E-state index contributed by atoms with van der Waals surface area (Å²) in [6.07, 6.45) is 0.652. The van der Waals surface area contributed by atoms with Crippen LogP contribution in [0.5, 0.6) is 0 Å². The van der Waals surface area contributed by atoms with Gasteiger partial charge >= 0.3 is 5.69 Å². The summed E-state index contributed by atoms with van der Waals surface area (Å²) in [5, 5.41) is 2.39. The number of carbonyl (C=O) groups excluding carboxylic acids is 1. The predicted molar refractivity (Wildman–Crippen MR) is 97.0 cm³/mol. The standard InChI is InChI=1S/C17H21ClN4O3/c1-3-8-22-15(19)14(16(24)21-17(22)25)13(23)9-20-10(2)11-6-4-5-7-12(11)18/h4-7,10,20H,3,8-9,19H2,1-2H3,(H,21,24,25)/p+1/t10-/m0/s1. The monoisotopic (exact) mass is 365 g/mol. The van der Waals surface area contributed by atoms with Crippen molar-refractivity contribution in [1.82, 2.24) is 9.55 Å². The number of ketones is 1. The number of carbonyl (C=O) groups is 1. The maximum atomic E-state index is 12.5. The number of anilines is 1. The molecule has 1 heterocycles. The van der Waals surface area contributed by atoms with Gasteiger partial charge in [0.15, 0.2) is 0 Å². The molecule has 0 aliphatic carbocycles. The summed E-state index contributed by atoms with van der Waals surface area (Å²) in [7, 11) is 0. The average molecular weight is 366 g/mol. The first-order valence-corrected chi connectivity index (χ1v) is 8.48. The number of halogens is 1. The molecule has 7 nitrogen and oxygen atoms in total. The van der Waals surface area contributed by atoms with Crippen LogP contribution in [0.15, 0.2) is 33.9 Å². The molecule has 1 atom stereocenters. The fourth-order valence-corrected chi connectivity index (χ4v) is 2.97. The van der Waals surface area contributed by atoms with Crippen LogP contribution in [0, 0.1) is 0 Å².